The van der Waals surface area contributed by atoms with Crippen molar-refractivity contribution in [2.45, 2.75) is 26.1 Å². The minimum atomic E-state index is -0.658. The molecule has 0 saturated carbocycles. The molecule has 86 valence electrons. The second kappa shape index (κ2) is 6.08. The molecule has 2 atom stereocenters. The number of aliphatic hydroxyl groups is 1. The molecule has 0 radical (unpaired) electrons. The molecule has 0 amide bonds. The van der Waals surface area contributed by atoms with E-state index in [-0.39, 0.29) is 0 Å². The fourth-order valence-corrected chi connectivity index (χ4v) is 1.05. The van der Waals surface area contributed by atoms with Crippen molar-refractivity contribution in [3.63, 3.8) is 0 Å². The number of carbonyl (C=O) groups excluding carboxylic acids is 1. The Morgan fingerprint density at radius 2 is 1.94 bits per heavy atom. The lowest BCUT2D eigenvalue weighted by atomic mass is 10.2. The Kier molecular flexibility index (Phi) is 4.73. The minimum absolute atomic E-state index is 0.447. The van der Waals surface area contributed by atoms with Crippen LogP contribution < -0.4 is 0 Å². The van der Waals surface area contributed by atoms with Crippen LogP contribution in [0.4, 0.5) is 0 Å². The van der Waals surface area contributed by atoms with Gasteiger partial charge in [-0.25, -0.2) is 4.79 Å². The van der Waals surface area contributed by atoms with Gasteiger partial charge in [-0.2, -0.15) is 0 Å². The smallest absolute Gasteiger partial charge is 0.331 e. The largest absolute Gasteiger partial charge is 0.457 e. The molecule has 0 aliphatic heterocycles. The van der Waals surface area contributed by atoms with Crippen molar-refractivity contribution in [1.29, 1.82) is 0 Å². The summed E-state index contributed by atoms with van der Waals surface area (Å²) in [6, 6.07) is 9.47. The molecule has 16 heavy (non-hydrogen) atoms. The lowest BCUT2D eigenvalue weighted by molar-refractivity contribution is -0.146. The van der Waals surface area contributed by atoms with Crippen LogP contribution in [0.15, 0.2) is 36.4 Å². The molecule has 1 N–H and O–H groups in total. The van der Waals surface area contributed by atoms with Crippen LogP contribution in [0.1, 0.15) is 19.4 Å². The number of benzene rings is 1. The Labute approximate surface area is 95.4 Å². The molecular formula is C13H16O3. The van der Waals surface area contributed by atoms with Gasteiger partial charge in [-0.3, -0.25) is 0 Å². The van der Waals surface area contributed by atoms with Crippen molar-refractivity contribution < 1.29 is 14.6 Å². The van der Waals surface area contributed by atoms with Crippen LogP contribution in [-0.4, -0.2) is 23.3 Å². The van der Waals surface area contributed by atoms with Gasteiger partial charge < -0.3 is 9.84 Å². The first-order valence-corrected chi connectivity index (χ1v) is 5.21. The lowest BCUT2D eigenvalue weighted by Gasteiger charge is -2.13. The molecule has 1 aromatic rings. The van der Waals surface area contributed by atoms with E-state index in [9.17, 15) is 4.79 Å². The molecule has 3 heteroatoms. The highest BCUT2D eigenvalue weighted by molar-refractivity contribution is 5.87. The molecule has 0 bridgehead atoms. The van der Waals surface area contributed by atoms with E-state index in [0.717, 1.165) is 5.56 Å². The summed E-state index contributed by atoms with van der Waals surface area (Å²) in [6.07, 6.45) is 1.88. The van der Waals surface area contributed by atoms with E-state index in [1.165, 1.54) is 6.08 Å². The predicted molar refractivity (Wildman–Crippen MR) is 62.7 cm³/mol. The SMILES string of the molecule is C[C@H](O)[C@H](C)OC(=O)C=Cc1ccccc1. The molecule has 3 nitrogen and oxygen atoms in total. The van der Waals surface area contributed by atoms with E-state index in [4.69, 9.17) is 9.84 Å². The van der Waals surface area contributed by atoms with Crippen LogP contribution in [0.3, 0.4) is 0 Å². The summed E-state index contributed by atoms with van der Waals surface area (Å²) in [5.41, 5.74) is 0.934. The molecule has 0 aliphatic rings. The van der Waals surface area contributed by atoms with Gasteiger partial charge in [0.1, 0.15) is 6.10 Å². The van der Waals surface area contributed by atoms with Crippen molar-refractivity contribution in [1.82, 2.24) is 0 Å². The van der Waals surface area contributed by atoms with Gasteiger partial charge in [0.15, 0.2) is 0 Å². The first-order chi connectivity index (χ1) is 7.59. The maximum Gasteiger partial charge on any atom is 0.331 e. The van der Waals surface area contributed by atoms with Crippen LogP contribution in [0.25, 0.3) is 6.08 Å². The monoisotopic (exact) mass is 220 g/mol. The maximum absolute atomic E-state index is 11.3. The Morgan fingerprint density at radius 3 is 2.50 bits per heavy atom. The molecule has 0 spiro atoms. The third-order valence-electron chi connectivity index (χ3n) is 2.19. The van der Waals surface area contributed by atoms with Gasteiger partial charge in [0, 0.05) is 6.08 Å². The van der Waals surface area contributed by atoms with Gasteiger partial charge in [-0.1, -0.05) is 30.3 Å². The van der Waals surface area contributed by atoms with E-state index in [0.29, 0.717) is 0 Å². The fraction of sp³-hybridized carbons (Fsp3) is 0.308. The van der Waals surface area contributed by atoms with Crippen molar-refractivity contribution in [3.8, 4) is 0 Å². The zero-order valence-electron chi connectivity index (χ0n) is 9.46. The maximum atomic E-state index is 11.3. The van der Waals surface area contributed by atoms with Gasteiger partial charge in [-0.15, -0.1) is 0 Å². The summed E-state index contributed by atoms with van der Waals surface area (Å²) in [5.74, 6) is -0.447. The van der Waals surface area contributed by atoms with Crippen LogP contribution >= 0.6 is 0 Å². The van der Waals surface area contributed by atoms with Gasteiger partial charge in [0.25, 0.3) is 0 Å². The van der Waals surface area contributed by atoms with E-state index in [1.807, 2.05) is 30.3 Å². The summed E-state index contributed by atoms with van der Waals surface area (Å²) in [6.45, 7) is 3.23. The van der Waals surface area contributed by atoms with Crippen LogP contribution in [0, 0.1) is 0 Å². The summed E-state index contributed by atoms with van der Waals surface area (Å²) in [4.78, 5) is 11.3. The number of aliphatic hydroxyl groups excluding tert-OH is 1. The van der Waals surface area contributed by atoms with Crippen molar-refractivity contribution in [2.75, 3.05) is 0 Å². The number of hydrogen-bond donors (Lipinski definition) is 1. The first kappa shape index (κ1) is 12.5. The van der Waals surface area contributed by atoms with E-state index in [2.05, 4.69) is 0 Å². The summed E-state index contributed by atoms with van der Waals surface area (Å²) in [7, 11) is 0. The normalized spacial score (nSPS) is 14.7. The summed E-state index contributed by atoms with van der Waals surface area (Å²) in [5, 5.41) is 9.15. The zero-order valence-corrected chi connectivity index (χ0v) is 9.46. The van der Waals surface area contributed by atoms with Gasteiger partial charge in [0.2, 0.25) is 0 Å². The molecule has 0 aliphatic carbocycles. The lowest BCUT2D eigenvalue weighted by Crippen LogP contribution is -2.24. The van der Waals surface area contributed by atoms with Crippen molar-refractivity contribution in [2.24, 2.45) is 0 Å². The van der Waals surface area contributed by atoms with Gasteiger partial charge in [0.05, 0.1) is 6.10 Å². The highest BCUT2D eigenvalue weighted by Crippen LogP contribution is 2.03. The standard InChI is InChI=1S/C13H16O3/c1-10(14)11(2)16-13(15)9-8-12-6-4-3-5-7-12/h3-11,14H,1-2H3/t10-,11-/m0/s1. The minimum Gasteiger partial charge on any atom is -0.457 e. The van der Waals surface area contributed by atoms with E-state index in [1.54, 1.807) is 19.9 Å². The third kappa shape index (κ3) is 4.28. The molecule has 0 saturated heterocycles. The average molecular weight is 220 g/mol. The molecule has 0 unspecified atom stereocenters. The quantitative estimate of drug-likeness (QED) is 0.623. The summed E-state index contributed by atoms with van der Waals surface area (Å²) >= 11 is 0. The average Bonchev–Trinajstić information content (AvgIpc) is 2.27. The molecule has 0 heterocycles. The molecule has 0 aromatic heterocycles. The van der Waals surface area contributed by atoms with Gasteiger partial charge in [-0.05, 0) is 25.5 Å². The Balaban J connectivity index is 2.49. The number of rotatable bonds is 4. The Hall–Kier alpha value is -1.61. The predicted octanol–water partition coefficient (Wildman–Crippen LogP) is 2.01. The van der Waals surface area contributed by atoms with Crippen molar-refractivity contribution >= 4 is 12.0 Å². The molecule has 0 fully saturated rings. The third-order valence-corrected chi connectivity index (χ3v) is 2.19. The molecule has 1 rings (SSSR count). The van der Waals surface area contributed by atoms with Crippen LogP contribution in [-0.2, 0) is 9.53 Å². The molecule has 1 aromatic carbocycles. The number of hydrogen-bond acceptors (Lipinski definition) is 3. The van der Waals surface area contributed by atoms with E-state index >= 15 is 0 Å². The Bertz CT molecular complexity index is 355. The van der Waals surface area contributed by atoms with E-state index < -0.39 is 18.2 Å². The summed E-state index contributed by atoms with van der Waals surface area (Å²) < 4.78 is 4.96. The number of ether oxygens (including phenoxy) is 1. The van der Waals surface area contributed by atoms with Gasteiger partial charge >= 0.3 is 5.97 Å². The number of esters is 1. The van der Waals surface area contributed by atoms with Crippen LogP contribution in [0.2, 0.25) is 0 Å². The topological polar surface area (TPSA) is 46.5 Å². The highest BCUT2D eigenvalue weighted by atomic mass is 16.6. The first-order valence-electron chi connectivity index (χ1n) is 5.21. The Morgan fingerprint density at radius 1 is 1.31 bits per heavy atom. The van der Waals surface area contributed by atoms with Crippen molar-refractivity contribution in [3.05, 3.63) is 42.0 Å². The van der Waals surface area contributed by atoms with Crippen LogP contribution in [0.5, 0.6) is 0 Å². The second-order valence-corrected chi connectivity index (χ2v) is 3.63. The molecular weight excluding hydrogens is 204 g/mol. The number of carbonyl (C=O) groups is 1. The zero-order chi connectivity index (χ0) is 12.0. The highest BCUT2D eigenvalue weighted by Gasteiger charge is 2.11. The fourth-order valence-electron chi connectivity index (χ4n) is 1.05. The second-order valence-electron chi connectivity index (χ2n) is 3.63.